The number of hydrogen-bond acceptors (Lipinski definition) is 6. The summed E-state index contributed by atoms with van der Waals surface area (Å²) in [6, 6.07) is 10.5. The van der Waals surface area contributed by atoms with Crippen LogP contribution in [0, 0.1) is 6.92 Å². The number of nitrogens with one attached hydrogen (secondary N) is 1. The highest BCUT2D eigenvalue weighted by atomic mass is 16.6. The van der Waals surface area contributed by atoms with Gasteiger partial charge in [0.1, 0.15) is 11.4 Å². The fourth-order valence-corrected chi connectivity index (χ4v) is 2.46. The predicted octanol–water partition coefficient (Wildman–Crippen LogP) is 3.05. The third kappa shape index (κ3) is 4.64. The molecule has 0 aliphatic rings. The second kappa shape index (κ2) is 7.67. The topological polar surface area (TPSA) is 99.2 Å². The molecule has 28 heavy (non-hydrogen) atoms. The molecule has 2 aromatic heterocycles. The molecule has 2 heterocycles. The fraction of sp³-hybridized carbons (Fsp3) is 0.300. The zero-order valence-electron chi connectivity index (χ0n) is 16.2. The molecule has 3 aromatic rings. The van der Waals surface area contributed by atoms with Crippen LogP contribution in [0.25, 0.3) is 5.69 Å². The van der Waals surface area contributed by atoms with Crippen molar-refractivity contribution in [1.29, 1.82) is 0 Å². The quantitative estimate of drug-likeness (QED) is 0.681. The van der Waals surface area contributed by atoms with Gasteiger partial charge < -0.3 is 14.5 Å². The second-order valence-electron chi connectivity index (χ2n) is 7.21. The lowest BCUT2D eigenvalue weighted by Gasteiger charge is -2.19. The van der Waals surface area contributed by atoms with Crippen molar-refractivity contribution >= 4 is 11.9 Å². The first-order chi connectivity index (χ1) is 13.2. The summed E-state index contributed by atoms with van der Waals surface area (Å²) >= 11 is 0. The van der Waals surface area contributed by atoms with E-state index in [1.54, 1.807) is 46.0 Å². The maximum Gasteiger partial charge on any atom is 0.357 e. The molecule has 146 valence electrons. The smallest absolute Gasteiger partial charge is 0.357 e. The van der Waals surface area contributed by atoms with Crippen LogP contribution < -0.4 is 5.32 Å². The maximum atomic E-state index is 12.6. The number of nitrogens with zero attached hydrogens (tertiary/aromatic N) is 3. The fourth-order valence-electron chi connectivity index (χ4n) is 2.46. The number of rotatable bonds is 5. The summed E-state index contributed by atoms with van der Waals surface area (Å²) in [6.45, 7) is 7.22. The number of carbonyl (C=O) groups is 2. The van der Waals surface area contributed by atoms with Gasteiger partial charge >= 0.3 is 5.97 Å². The molecule has 0 atom stereocenters. The first-order valence-corrected chi connectivity index (χ1v) is 8.81. The van der Waals surface area contributed by atoms with Gasteiger partial charge in [0, 0.05) is 6.07 Å². The molecule has 0 unspecified atom stereocenters. The molecule has 0 aliphatic heterocycles. The Labute approximate surface area is 162 Å². The summed E-state index contributed by atoms with van der Waals surface area (Å²) in [5.74, 6) is 0.0343. The summed E-state index contributed by atoms with van der Waals surface area (Å²) in [4.78, 5) is 29.2. The molecule has 1 aromatic carbocycles. The van der Waals surface area contributed by atoms with E-state index in [2.05, 4.69) is 15.4 Å². The lowest BCUT2D eigenvalue weighted by Crippen LogP contribution is -2.25. The second-order valence-corrected chi connectivity index (χ2v) is 7.21. The van der Waals surface area contributed by atoms with Gasteiger partial charge in [-0.15, -0.1) is 0 Å². The molecular formula is C20H22N4O4. The van der Waals surface area contributed by atoms with E-state index in [0.717, 1.165) is 0 Å². The van der Waals surface area contributed by atoms with E-state index in [1.807, 2.05) is 18.2 Å². The van der Waals surface area contributed by atoms with Crippen LogP contribution >= 0.6 is 0 Å². The predicted molar refractivity (Wildman–Crippen MR) is 101 cm³/mol. The zero-order valence-corrected chi connectivity index (χ0v) is 16.2. The number of benzene rings is 1. The van der Waals surface area contributed by atoms with Gasteiger partial charge in [0.05, 0.1) is 18.4 Å². The van der Waals surface area contributed by atoms with Gasteiger partial charge in [0.2, 0.25) is 5.89 Å². The summed E-state index contributed by atoms with van der Waals surface area (Å²) < 4.78 is 12.2. The Balaban J connectivity index is 1.87. The number of carbonyl (C=O) groups excluding carboxylic acids is 2. The van der Waals surface area contributed by atoms with Crippen LogP contribution in [-0.4, -0.2) is 32.2 Å². The van der Waals surface area contributed by atoms with E-state index in [9.17, 15) is 9.59 Å². The largest absolute Gasteiger partial charge is 0.455 e. The molecule has 0 saturated heterocycles. The summed E-state index contributed by atoms with van der Waals surface area (Å²) in [5.41, 5.74) is 0.227. The van der Waals surface area contributed by atoms with Crippen molar-refractivity contribution in [3.05, 3.63) is 65.6 Å². The number of esters is 1. The summed E-state index contributed by atoms with van der Waals surface area (Å²) in [6.07, 6.45) is 1.58. The Morgan fingerprint density at radius 3 is 2.54 bits per heavy atom. The van der Waals surface area contributed by atoms with Crippen molar-refractivity contribution < 1.29 is 18.7 Å². The molecule has 1 N–H and O–H groups in total. The van der Waals surface area contributed by atoms with Gasteiger partial charge in [0.25, 0.3) is 5.91 Å². The normalized spacial score (nSPS) is 11.3. The van der Waals surface area contributed by atoms with Gasteiger partial charge in [-0.3, -0.25) is 4.79 Å². The lowest BCUT2D eigenvalue weighted by molar-refractivity contribution is 0.00593. The van der Waals surface area contributed by atoms with E-state index in [0.29, 0.717) is 17.3 Å². The number of para-hydroxylation sites is 1. The average molecular weight is 382 g/mol. The van der Waals surface area contributed by atoms with Gasteiger partial charge in [-0.2, -0.15) is 5.10 Å². The van der Waals surface area contributed by atoms with Crippen LogP contribution in [0.3, 0.4) is 0 Å². The lowest BCUT2D eigenvalue weighted by atomic mass is 10.2. The standard InChI is InChI=1S/C20H22N4O4/c1-13-11-21-17(27-13)12-22-18(25)15-10-16(19(26)28-20(2,3)4)24(23-15)14-8-6-5-7-9-14/h5-11H,12H2,1-4H3,(H,22,25). The van der Waals surface area contributed by atoms with E-state index >= 15 is 0 Å². The van der Waals surface area contributed by atoms with E-state index in [4.69, 9.17) is 9.15 Å². The summed E-state index contributed by atoms with van der Waals surface area (Å²) in [5, 5.41) is 6.99. The Kier molecular flexibility index (Phi) is 5.30. The minimum atomic E-state index is -0.673. The molecule has 8 heteroatoms. The highest BCUT2D eigenvalue weighted by Gasteiger charge is 2.25. The van der Waals surface area contributed by atoms with Crippen molar-refractivity contribution in [2.24, 2.45) is 0 Å². The molecule has 0 fully saturated rings. The van der Waals surface area contributed by atoms with Crippen LogP contribution in [0.5, 0.6) is 0 Å². The van der Waals surface area contributed by atoms with E-state index in [1.165, 1.54) is 10.7 Å². The molecule has 0 bridgehead atoms. The van der Waals surface area contributed by atoms with Crippen molar-refractivity contribution in [2.75, 3.05) is 0 Å². The van der Waals surface area contributed by atoms with Crippen LogP contribution in [0.2, 0.25) is 0 Å². The Hall–Kier alpha value is -3.42. The highest BCUT2D eigenvalue weighted by molar-refractivity contribution is 5.96. The van der Waals surface area contributed by atoms with Crippen molar-refractivity contribution in [3.63, 3.8) is 0 Å². The number of aromatic nitrogens is 3. The summed E-state index contributed by atoms with van der Waals surface area (Å²) in [7, 11) is 0. The monoisotopic (exact) mass is 382 g/mol. The molecule has 0 spiro atoms. The van der Waals surface area contributed by atoms with E-state index in [-0.39, 0.29) is 17.9 Å². The van der Waals surface area contributed by atoms with Gasteiger partial charge in [-0.25, -0.2) is 14.5 Å². The number of hydrogen-bond donors (Lipinski definition) is 1. The molecule has 0 aliphatic carbocycles. The third-order valence-electron chi connectivity index (χ3n) is 3.62. The Morgan fingerprint density at radius 2 is 1.93 bits per heavy atom. The highest BCUT2D eigenvalue weighted by Crippen LogP contribution is 2.17. The molecule has 3 rings (SSSR count). The van der Waals surface area contributed by atoms with Crippen LogP contribution in [0.1, 0.15) is 53.4 Å². The molecule has 1 amide bonds. The maximum absolute atomic E-state index is 12.6. The first-order valence-electron chi connectivity index (χ1n) is 8.81. The first kappa shape index (κ1) is 19.3. The van der Waals surface area contributed by atoms with Crippen molar-refractivity contribution in [2.45, 2.75) is 39.8 Å². The molecule has 0 saturated carbocycles. The van der Waals surface area contributed by atoms with Gasteiger partial charge in [-0.1, -0.05) is 18.2 Å². The van der Waals surface area contributed by atoms with Gasteiger partial charge in [-0.05, 0) is 39.8 Å². The third-order valence-corrected chi connectivity index (χ3v) is 3.62. The van der Waals surface area contributed by atoms with E-state index < -0.39 is 17.5 Å². The van der Waals surface area contributed by atoms with Crippen LogP contribution in [0.4, 0.5) is 0 Å². The zero-order chi connectivity index (χ0) is 20.3. The number of ether oxygens (including phenoxy) is 1. The number of aryl methyl sites for hydroxylation is 1. The minimum Gasteiger partial charge on any atom is -0.455 e. The van der Waals surface area contributed by atoms with Crippen molar-refractivity contribution in [1.82, 2.24) is 20.1 Å². The molecular weight excluding hydrogens is 360 g/mol. The molecule has 8 nitrogen and oxygen atoms in total. The van der Waals surface area contributed by atoms with Crippen LogP contribution in [-0.2, 0) is 11.3 Å². The minimum absolute atomic E-state index is 0.0907. The molecule has 0 radical (unpaired) electrons. The van der Waals surface area contributed by atoms with Gasteiger partial charge in [0.15, 0.2) is 11.4 Å². The Morgan fingerprint density at radius 1 is 1.21 bits per heavy atom. The van der Waals surface area contributed by atoms with Crippen molar-refractivity contribution in [3.8, 4) is 5.69 Å². The number of amides is 1. The average Bonchev–Trinajstić information content (AvgIpc) is 3.25. The Bertz CT molecular complexity index is 983. The SMILES string of the molecule is Cc1cnc(CNC(=O)c2cc(C(=O)OC(C)(C)C)n(-c3ccccc3)n2)o1. The number of oxazole rings is 1. The van der Waals surface area contributed by atoms with Crippen LogP contribution in [0.15, 0.2) is 47.0 Å².